The molecule has 0 aliphatic carbocycles. The number of hydrogen-bond acceptors (Lipinski definition) is 6. The number of nitrogens with one attached hydrogen (secondary N) is 1. The van der Waals surface area contributed by atoms with Crippen molar-refractivity contribution in [3.05, 3.63) is 93.9 Å². The Morgan fingerprint density at radius 1 is 0.892 bits per heavy atom. The standard InChI is InChI=1S/C30H27NO6/c1-3-21-14-20(16-31-21)19-6-4-5-17(13-19)7-12-23-27(34)30(36-2)28(35)26-24(33)15-25(37-29(23)26)18-8-10-22(32)11-9-18/h4-6,8-11,13-16,31-32,34-35H,3,7,12H2,1-2H3. The molecule has 0 amide bonds. The number of benzene rings is 3. The van der Waals surface area contributed by atoms with Crippen molar-refractivity contribution in [3.63, 3.8) is 0 Å². The van der Waals surface area contributed by atoms with Crippen LogP contribution in [0.5, 0.6) is 23.0 Å². The summed E-state index contributed by atoms with van der Waals surface area (Å²) in [5, 5.41) is 31.3. The van der Waals surface area contributed by atoms with Gasteiger partial charge in [0.25, 0.3) is 0 Å². The number of phenolic OH excluding ortho intramolecular Hbond substituents is 3. The van der Waals surface area contributed by atoms with Gasteiger partial charge in [-0.2, -0.15) is 0 Å². The molecule has 2 heterocycles. The quantitative estimate of drug-likeness (QED) is 0.222. The van der Waals surface area contributed by atoms with Crippen molar-refractivity contribution in [1.29, 1.82) is 0 Å². The lowest BCUT2D eigenvalue weighted by molar-refractivity contribution is 0.344. The first-order valence-electron chi connectivity index (χ1n) is 12.0. The number of aromatic hydroxyl groups is 3. The highest BCUT2D eigenvalue weighted by Crippen LogP contribution is 2.45. The zero-order valence-corrected chi connectivity index (χ0v) is 20.5. The van der Waals surface area contributed by atoms with Gasteiger partial charge in [-0.25, -0.2) is 0 Å². The van der Waals surface area contributed by atoms with Gasteiger partial charge in [0.15, 0.2) is 16.9 Å². The second-order valence-electron chi connectivity index (χ2n) is 8.90. The van der Waals surface area contributed by atoms with Crippen LogP contribution in [0.25, 0.3) is 33.4 Å². The lowest BCUT2D eigenvalue weighted by Gasteiger charge is -2.15. The van der Waals surface area contributed by atoms with Crippen LogP contribution < -0.4 is 10.2 Å². The van der Waals surface area contributed by atoms with Crippen molar-refractivity contribution in [1.82, 2.24) is 4.98 Å². The fourth-order valence-electron chi connectivity index (χ4n) is 4.58. The fourth-order valence-corrected chi connectivity index (χ4v) is 4.58. The molecule has 5 aromatic rings. The molecule has 37 heavy (non-hydrogen) atoms. The van der Waals surface area contributed by atoms with Crippen molar-refractivity contribution in [2.45, 2.75) is 26.2 Å². The van der Waals surface area contributed by atoms with E-state index in [9.17, 15) is 20.1 Å². The number of hydrogen-bond donors (Lipinski definition) is 4. The molecule has 0 aliphatic rings. The summed E-state index contributed by atoms with van der Waals surface area (Å²) >= 11 is 0. The maximum Gasteiger partial charge on any atom is 0.204 e. The first-order chi connectivity index (χ1) is 17.9. The zero-order valence-electron chi connectivity index (χ0n) is 20.5. The third-order valence-corrected chi connectivity index (χ3v) is 6.58. The van der Waals surface area contributed by atoms with Crippen molar-refractivity contribution in [3.8, 4) is 45.4 Å². The molecule has 0 spiro atoms. The summed E-state index contributed by atoms with van der Waals surface area (Å²) in [5.74, 6) is -0.566. The predicted octanol–water partition coefficient (Wildman–Crippen LogP) is 5.93. The van der Waals surface area contributed by atoms with Gasteiger partial charge in [-0.05, 0) is 66.3 Å². The Kier molecular flexibility index (Phi) is 6.36. The van der Waals surface area contributed by atoms with Gasteiger partial charge in [-0.15, -0.1) is 0 Å². The van der Waals surface area contributed by atoms with Gasteiger partial charge in [0.05, 0.1) is 7.11 Å². The van der Waals surface area contributed by atoms with E-state index >= 15 is 0 Å². The summed E-state index contributed by atoms with van der Waals surface area (Å²) in [6.07, 6.45) is 3.79. The van der Waals surface area contributed by atoms with Crippen molar-refractivity contribution < 1.29 is 24.5 Å². The number of H-pyrrole nitrogens is 1. The lowest BCUT2D eigenvalue weighted by atomic mass is 9.97. The van der Waals surface area contributed by atoms with Crippen molar-refractivity contribution >= 4 is 11.0 Å². The first-order valence-corrected chi connectivity index (χ1v) is 12.0. The summed E-state index contributed by atoms with van der Waals surface area (Å²) in [4.78, 5) is 16.4. The van der Waals surface area contributed by atoms with Gasteiger partial charge in [0.1, 0.15) is 22.5 Å². The molecule has 0 radical (unpaired) electrons. The smallest absolute Gasteiger partial charge is 0.204 e. The number of methoxy groups -OCH3 is 1. The number of aromatic nitrogens is 1. The van der Waals surface area contributed by atoms with Crippen molar-refractivity contribution in [2.24, 2.45) is 0 Å². The molecular formula is C30H27NO6. The normalized spacial score (nSPS) is 11.2. The molecule has 0 bridgehead atoms. The Balaban J connectivity index is 1.58. The summed E-state index contributed by atoms with van der Waals surface area (Å²) in [7, 11) is 1.32. The molecule has 7 heteroatoms. The minimum absolute atomic E-state index is 0.0552. The van der Waals surface area contributed by atoms with Gasteiger partial charge < -0.3 is 29.5 Å². The van der Waals surface area contributed by atoms with E-state index in [1.54, 1.807) is 12.1 Å². The molecule has 188 valence electrons. The summed E-state index contributed by atoms with van der Waals surface area (Å²) in [6, 6.07) is 17.8. The molecular weight excluding hydrogens is 470 g/mol. The Hall–Kier alpha value is -4.65. The Bertz CT molecular complexity index is 1650. The third kappa shape index (κ3) is 4.51. The van der Waals surface area contributed by atoms with Crippen LogP contribution in [0, 0.1) is 0 Å². The van der Waals surface area contributed by atoms with Crippen LogP contribution >= 0.6 is 0 Å². The van der Waals surface area contributed by atoms with Crippen LogP contribution in [0.15, 0.2) is 76.1 Å². The van der Waals surface area contributed by atoms with Gasteiger partial charge in [0.2, 0.25) is 5.75 Å². The molecule has 0 unspecified atom stereocenters. The zero-order chi connectivity index (χ0) is 26.1. The highest BCUT2D eigenvalue weighted by Gasteiger charge is 2.24. The molecule has 2 aromatic heterocycles. The summed E-state index contributed by atoms with van der Waals surface area (Å²) in [6.45, 7) is 2.10. The average molecular weight is 498 g/mol. The average Bonchev–Trinajstić information content (AvgIpc) is 3.39. The van der Waals surface area contributed by atoms with Gasteiger partial charge in [0, 0.05) is 29.1 Å². The highest BCUT2D eigenvalue weighted by atomic mass is 16.5. The monoisotopic (exact) mass is 497 g/mol. The van der Waals surface area contributed by atoms with Gasteiger partial charge >= 0.3 is 0 Å². The molecule has 0 saturated heterocycles. The van der Waals surface area contributed by atoms with E-state index < -0.39 is 11.2 Å². The number of fused-ring (bicyclic) bond motifs is 1. The second kappa shape index (κ2) is 9.78. The lowest BCUT2D eigenvalue weighted by Crippen LogP contribution is -2.05. The van der Waals surface area contributed by atoms with Gasteiger partial charge in [-0.3, -0.25) is 4.79 Å². The summed E-state index contributed by atoms with van der Waals surface area (Å²) < 4.78 is 11.3. The molecule has 4 N–H and O–H groups in total. The Labute approximate surface area is 213 Å². The number of rotatable bonds is 7. The largest absolute Gasteiger partial charge is 0.508 e. The number of phenols is 3. The Morgan fingerprint density at radius 3 is 2.38 bits per heavy atom. The minimum Gasteiger partial charge on any atom is -0.508 e. The molecule has 3 aromatic carbocycles. The van der Waals surface area contributed by atoms with Crippen LogP contribution in [0.1, 0.15) is 23.7 Å². The fraction of sp³-hybridized carbons (Fsp3) is 0.167. The van der Waals surface area contributed by atoms with E-state index in [2.05, 4.69) is 24.0 Å². The van der Waals surface area contributed by atoms with Crippen LogP contribution in [0.3, 0.4) is 0 Å². The van der Waals surface area contributed by atoms with E-state index in [4.69, 9.17) is 9.15 Å². The topological polar surface area (TPSA) is 116 Å². The molecule has 0 saturated carbocycles. The molecule has 5 rings (SSSR count). The SMILES string of the molecule is CCc1cc(-c2cccc(CCc3c(O)c(OC)c(O)c4c(=O)cc(-c5ccc(O)cc5)oc34)c2)c[nH]1. The van der Waals surface area contributed by atoms with E-state index in [1.165, 1.54) is 25.3 Å². The predicted molar refractivity (Wildman–Crippen MR) is 142 cm³/mol. The van der Waals surface area contributed by atoms with Crippen LogP contribution in [0.2, 0.25) is 0 Å². The van der Waals surface area contributed by atoms with E-state index in [0.29, 0.717) is 24.0 Å². The van der Waals surface area contributed by atoms with Crippen LogP contribution in [0.4, 0.5) is 0 Å². The number of ether oxygens (including phenoxy) is 1. The maximum atomic E-state index is 13.1. The molecule has 0 fully saturated rings. The summed E-state index contributed by atoms with van der Waals surface area (Å²) in [5.41, 5.74) is 4.94. The molecule has 0 atom stereocenters. The van der Waals surface area contributed by atoms with E-state index in [-0.39, 0.29) is 34.0 Å². The van der Waals surface area contributed by atoms with E-state index in [0.717, 1.165) is 28.8 Å². The van der Waals surface area contributed by atoms with Crippen molar-refractivity contribution in [2.75, 3.05) is 7.11 Å². The first kappa shape index (κ1) is 24.1. The minimum atomic E-state index is -0.470. The molecule has 7 nitrogen and oxygen atoms in total. The van der Waals surface area contributed by atoms with E-state index in [1.807, 2.05) is 24.4 Å². The number of aryl methyl sites for hydroxylation is 3. The molecule has 0 aliphatic heterocycles. The number of aromatic amines is 1. The highest BCUT2D eigenvalue weighted by molar-refractivity contribution is 5.92. The second-order valence-corrected chi connectivity index (χ2v) is 8.90. The van der Waals surface area contributed by atoms with Crippen LogP contribution in [-0.2, 0) is 19.3 Å². The van der Waals surface area contributed by atoms with Gasteiger partial charge in [-0.1, -0.05) is 31.2 Å². The van der Waals surface area contributed by atoms with Crippen LogP contribution in [-0.4, -0.2) is 27.4 Å². The maximum absolute atomic E-state index is 13.1. The Morgan fingerprint density at radius 2 is 1.68 bits per heavy atom. The third-order valence-electron chi connectivity index (χ3n) is 6.58.